The normalized spacial score (nSPS) is 12.0. The molecule has 0 aliphatic carbocycles. The molecule has 11 heteroatoms. The molecular formula is C30H35BrFN3O5S. The Bertz CT molecular complexity index is 1470. The molecule has 0 radical (unpaired) electrons. The minimum atomic E-state index is -4.26. The smallest absolute Gasteiger partial charge is 0.264 e. The van der Waals surface area contributed by atoms with Gasteiger partial charge in [0, 0.05) is 18.7 Å². The van der Waals surface area contributed by atoms with E-state index in [1.165, 1.54) is 48.4 Å². The predicted octanol–water partition coefficient (Wildman–Crippen LogP) is 5.43. The van der Waals surface area contributed by atoms with E-state index in [4.69, 9.17) is 4.74 Å². The number of hydrogen-bond acceptors (Lipinski definition) is 5. The van der Waals surface area contributed by atoms with Gasteiger partial charge in [-0.05, 0) is 72.6 Å². The predicted molar refractivity (Wildman–Crippen MR) is 161 cm³/mol. The largest absolute Gasteiger partial charge is 0.496 e. The monoisotopic (exact) mass is 647 g/mol. The summed E-state index contributed by atoms with van der Waals surface area (Å²) in [6, 6.07) is 16.0. The molecule has 3 aromatic rings. The van der Waals surface area contributed by atoms with Gasteiger partial charge in [0.15, 0.2) is 0 Å². The number of carbonyl (C=O) groups is 2. The summed E-state index contributed by atoms with van der Waals surface area (Å²) in [7, 11) is -2.79. The third-order valence-corrected chi connectivity index (χ3v) is 9.00. The summed E-state index contributed by atoms with van der Waals surface area (Å²) in [5.41, 5.74) is 1.38. The molecule has 0 aliphatic rings. The van der Waals surface area contributed by atoms with E-state index >= 15 is 0 Å². The zero-order chi connectivity index (χ0) is 30.2. The first-order valence-corrected chi connectivity index (χ1v) is 15.5. The quantitative estimate of drug-likeness (QED) is 0.250. The molecule has 0 unspecified atom stereocenters. The van der Waals surface area contributed by atoms with Gasteiger partial charge in [-0.2, -0.15) is 0 Å². The number of halogens is 2. The van der Waals surface area contributed by atoms with E-state index < -0.39 is 40.2 Å². The second-order valence-corrected chi connectivity index (χ2v) is 12.3. The number of unbranched alkanes of at least 4 members (excludes halogenated alkanes) is 1. The average Bonchev–Trinajstić information content (AvgIpc) is 2.95. The molecule has 41 heavy (non-hydrogen) atoms. The maximum atomic E-state index is 14.6. The fraction of sp³-hybridized carbons (Fsp3) is 0.333. The Morgan fingerprint density at radius 2 is 1.76 bits per heavy atom. The fourth-order valence-corrected chi connectivity index (χ4v) is 6.24. The van der Waals surface area contributed by atoms with Gasteiger partial charge in [0.25, 0.3) is 10.0 Å². The van der Waals surface area contributed by atoms with E-state index in [-0.39, 0.29) is 22.7 Å². The van der Waals surface area contributed by atoms with Crippen molar-refractivity contribution in [3.05, 3.63) is 88.1 Å². The Kier molecular flexibility index (Phi) is 11.3. The maximum absolute atomic E-state index is 14.6. The van der Waals surface area contributed by atoms with Crippen LogP contribution < -0.4 is 14.4 Å². The number of methoxy groups -OCH3 is 1. The van der Waals surface area contributed by atoms with Crippen molar-refractivity contribution < 1.29 is 27.1 Å². The van der Waals surface area contributed by atoms with Crippen molar-refractivity contribution in [2.75, 3.05) is 24.5 Å². The van der Waals surface area contributed by atoms with Crippen LogP contribution in [0.4, 0.5) is 10.1 Å². The van der Waals surface area contributed by atoms with Crippen LogP contribution in [0.15, 0.2) is 76.1 Å². The van der Waals surface area contributed by atoms with Gasteiger partial charge in [0.05, 0.1) is 22.2 Å². The number of ether oxygens (including phenoxy) is 1. The van der Waals surface area contributed by atoms with Gasteiger partial charge in [-0.25, -0.2) is 12.8 Å². The molecule has 1 N–H and O–H groups in total. The molecule has 0 aliphatic heterocycles. The molecule has 0 saturated heterocycles. The van der Waals surface area contributed by atoms with Gasteiger partial charge >= 0.3 is 0 Å². The van der Waals surface area contributed by atoms with E-state index in [0.717, 1.165) is 22.7 Å². The first-order valence-electron chi connectivity index (χ1n) is 13.2. The van der Waals surface area contributed by atoms with E-state index in [9.17, 15) is 22.4 Å². The Morgan fingerprint density at radius 1 is 1.07 bits per heavy atom. The molecule has 0 saturated carbocycles. The summed E-state index contributed by atoms with van der Waals surface area (Å²) < 4.78 is 49.2. The molecular weight excluding hydrogens is 613 g/mol. The highest BCUT2D eigenvalue weighted by molar-refractivity contribution is 9.10. The van der Waals surface area contributed by atoms with Crippen molar-refractivity contribution in [1.29, 1.82) is 0 Å². The van der Waals surface area contributed by atoms with Crippen LogP contribution in [0.3, 0.4) is 0 Å². The van der Waals surface area contributed by atoms with Gasteiger partial charge in [-0.3, -0.25) is 13.9 Å². The molecule has 1 atom stereocenters. The lowest BCUT2D eigenvalue weighted by molar-refractivity contribution is -0.139. The Hall–Kier alpha value is -3.44. The molecule has 2 amide bonds. The minimum Gasteiger partial charge on any atom is -0.496 e. The Labute approximate surface area is 249 Å². The first-order chi connectivity index (χ1) is 19.5. The van der Waals surface area contributed by atoms with Crippen LogP contribution in [-0.2, 0) is 26.2 Å². The van der Waals surface area contributed by atoms with E-state index in [1.807, 2.05) is 13.8 Å². The number of nitrogens with one attached hydrogen (secondary N) is 1. The molecule has 220 valence electrons. The lowest BCUT2D eigenvalue weighted by Crippen LogP contribution is -2.51. The van der Waals surface area contributed by atoms with E-state index in [2.05, 4.69) is 21.2 Å². The minimum absolute atomic E-state index is 0.0652. The number of aryl methyl sites for hydroxylation is 1. The van der Waals surface area contributed by atoms with Crippen LogP contribution in [0.5, 0.6) is 5.75 Å². The van der Waals surface area contributed by atoms with Crippen LogP contribution in [0.2, 0.25) is 0 Å². The number of sulfonamides is 1. The number of anilines is 1. The summed E-state index contributed by atoms with van der Waals surface area (Å²) in [4.78, 5) is 28.1. The van der Waals surface area contributed by atoms with Crippen molar-refractivity contribution in [2.45, 2.75) is 51.1 Å². The van der Waals surface area contributed by atoms with Crippen LogP contribution in [-0.4, -0.2) is 51.4 Å². The highest BCUT2D eigenvalue weighted by atomic mass is 79.9. The third kappa shape index (κ3) is 8.07. The van der Waals surface area contributed by atoms with E-state index in [1.54, 1.807) is 37.3 Å². The van der Waals surface area contributed by atoms with Crippen LogP contribution in [0.25, 0.3) is 0 Å². The molecule has 0 heterocycles. The summed E-state index contributed by atoms with van der Waals surface area (Å²) in [6.45, 7) is 5.00. The van der Waals surface area contributed by atoms with Gasteiger partial charge in [-0.15, -0.1) is 0 Å². The van der Waals surface area contributed by atoms with Crippen molar-refractivity contribution in [2.24, 2.45) is 0 Å². The number of hydrogen-bond donors (Lipinski definition) is 1. The molecule has 3 aromatic carbocycles. The zero-order valence-corrected chi connectivity index (χ0v) is 26.0. The highest BCUT2D eigenvalue weighted by Gasteiger charge is 2.33. The van der Waals surface area contributed by atoms with Crippen LogP contribution in [0.1, 0.15) is 37.8 Å². The fourth-order valence-electron chi connectivity index (χ4n) is 4.10. The molecule has 3 rings (SSSR count). The number of rotatable bonds is 13. The Morgan fingerprint density at radius 3 is 2.37 bits per heavy atom. The average molecular weight is 649 g/mol. The van der Waals surface area contributed by atoms with Crippen LogP contribution in [0, 0.1) is 12.7 Å². The number of carbonyl (C=O) groups excluding carboxylic acids is 2. The highest BCUT2D eigenvalue weighted by Crippen LogP contribution is 2.31. The van der Waals surface area contributed by atoms with Crippen LogP contribution >= 0.6 is 15.9 Å². The standard InChI is InChI=1S/C30H35BrFN3O5S/c1-5-6-17-33-30(37)22(3)34(19-23-9-7-8-10-27(23)32)29(36)20-35(24-13-11-21(2)12-14-24)41(38,39)25-15-16-28(40-4)26(31)18-25/h7-16,18,22H,5-6,17,19-20H2,1-4H3,(H,33,37)/t22-/m0/s1. The summed E-state index contributed by atoms with van der Waals surface area (Å²) in [6.07, 6.45) is 1.63. The number of benzene rings is 3. The summed E-state index contributed by atoms with van der Waals surface area (Å²) in [5.74, 6) is -1.16. The van der Waals surface area contributed by atoms with Gasteiger partial charge in [0.1, 0.15) is 24.2 Å². The van der Waals surface area contributed by atoms with Crippen molar-refractivity contribution >= 4 is 43.5 Å². The van der Waals surface area contributed by atoms with E-state index in [0.29, 0.717) is 16.8 Å². The Balaban J connectivity index is 2.03. The molecule has 0 bridgehead atoms. The molecule has 0 fully saturated rings. The second kappa shape index (κ2) is 14.5. The SMILES string of the molecule is CCCCNC(=O)[C@H](C)N(Cc1ccccc1F)C(=O)CN(c1ccc(C)cc1)S(=O)(=O)c1ccc(OC)c(Br)c1. The molecule has 0 spiro atoms. The van der Waals surface area contributed by atoms with Gasteiger partial charge in [-0.1, -0.05) is 49.2 Å². The zero-order valence-electron chi connectivity index (χ0n) is 23.6. The van der Waals surface area contributed by atoms with Gasteiger partial charge < -0.3 is 15.0 Å². The van der Waals surface area contributed by atoms with Crippen molar-refractivity contribution in [1.82, 2.24) is 10.2 Å². The van der Waals surface area contributed by atoms with Crippen molar-refractivity contribution in [3.63, 3.8) is 0 Å². The van der Waals surface area contributed by atoms with Gasteiger partial charge in [0.2, 0.25) is 11.8 Å². The summed E-state index contributed by atoms with van der Waals surface area (Å²) >= 11 is 3.33. The lowest BCUT2D eigenvalue weighted by Gasteiger charge is -2.32. The molecule has 8 nitrogen and oxygen atoms in total. The second-order valence-electron chi connectivity index (χ2n) is 9.58. The maximum Gasteiger partial charge on any atom is 0.264 e. The topological polar surface area (TPSA) is 96.0 Å². The number of nitrogens with zero attached hydrogens (tertiary/aromatic N) is 2. The third-order valence-electron chi connectivity index (χ3n) is 6.61. The van der Waals surface area contributed by atoms with Crippen molar-refractivity contribution in [3.8, 4) is 5.75 Å². The number of amides is 2. The lowest BCUT2D eigenvalue weighted by atomic mass is 10.1. The summed E-state index contributed by atoms with van der Waals surface area (Å²) in [5, 5.41) is 2.81. The first kappa shape index (κ1) is 32.1. The molecule has 0 aromatic heterocycles.